The van der Waals surface area contributed by atoms with Crippen molar-refractivity contribution in [3.8, 4) is 11.8 Å². The van der Waals surface area contributed by atoms with Crippen molar-refractivity contribution in [2.24, 2.45) is 0 Å². The van der Waals surface area contributed by atoms with Crippen LogP contribution in [0, 0.1) is 17.1 Å². The summed E-state index contributed by atoms with van der Waals surface area (Å²) < 4.78 is 20.8. The van der Waals surface area contributed by atoms with Crippen molar-refractivity contribution < 1.29 is 13.9 Å². The molecule has 0 radical (unpaired) electrons. The fraction of sp³-hybridized carbons (Fsp3) is 0.111. The molecule has 0 aliphatic heterocycles. The van der Waals surface area contributed by atoms with Crippen molar-refractivity contribution in [2.45, 2.75) is 13.5 Å². The molecule has 0 saturated heterocycles. The highest BCUT2D eigenvalue weighted by Crippen LogP contribution is 2.25. The average molecular weight is 439 g/mol. The summed E-state index contributed by atoms with van der Waals surface area (Å²) >= 11 is 0. The minimum absolute atomic E-state index is 0.0125. The Morgan fingerprint density at radius 3 is 2.67 bits per heavy atom. The number of nitrogens with zero attached hydrogens (tertiary/aromatic N) is 2. The second-order valence-electron chi connectivity index (χ2n) is 7.44. The number of nitrogens with one attached hydrogen (secondary N) is 1. The number of carbonyl (C=O) groups is 1. The molecule has 0 bridgehead atoms. The molecule has 1 heterocycles. The van der Waals surface area contributed by atoms with E-state index in [4.69, 9.17) is 4.74 Å². The van der Waals surface area contributed by atoms with Crippen molar-refractivity contribution in [2.75, 3.05) is 11.9 Å². The summed E-state index contributed by atoms with van der Waals surface area (Å²) in [6, 6.07) is 23.1. The van der Waals surface area contributed by atoms with Crippen LogP contribution in [-0.4, -0.2) is 17.1 Å². The summed E-state index contributed by atoms with van der Waals surface area (Å²) in [7, 11) is 0. The highest BCUT2D eigenvalue weighted by Gasteiger charge is 2.13. The molecule has 33 heavy (non-hydrogen) atoms. The second-order valence-corrected chi connectivity index (χ2v) is 7.44. The van der Waals surface area contributed by atoms with Crippen molar-refractivity contribution in [3.63, 3.8) is 0 Å². The van der Waals surface area contributed by atoms with E-state index in [1.54, 1.807) is 42.5 Å². The number of amides is 1. The van der Waals surface area contributed by atoms with Crippen LogP contribution in [-0.2, 0) is 11.3 Å². The predicted octanol–water partition coefficient (Wildman–Crippen LogP) is 5.77. The van der Waals surface area contributed by atoms with Gasteiger partial charge in [0.25, 0.3) is 5.91 Å². The standard InChI is InChI=1S/C27H22FN3O2/c1-2-33-24-7-5-6-23(15-24)30-27(32)20(16-29)14-21-18-31(26-9-4-3-8-25(21)26)17-19-10-12-22(28)13-11-19/h3-15,18H,2,17H2,1H3,(H,30,32)/b20-14-. The highest BCUT2D eigenvalue weighted by molar-refractivity contribution is 6.10. The zero-order chi connectivity index (χ0) is 23.2. The minimum atomic E-state index is -0.499. The first-order valence-electron chi connectivity index (χ1n) is 10.6. The molecule has 1 aromatic heterocycles. The quantitative estimate of drug-likeness (QED) is 0.293. The molecule has 164 valence electrons. The van der Waals surface area contributed by atoms with E-state index >= 15 is 0 Å². The third-order valence-corrected chi connectivity index (χ3v) is 5.15. The molecular weight excluding hydrogens is 417 g/mol. The molecule has 0 aliphatic carbocycles. The second kappa shape index (κ2) is 9.84. The minimum Gasteiger partial charge on any atom is -0.494 e. The maximum absolute atomic E-state index is 13.3. The van der Waals surface area contributed by atoms with Gasteiger partial charge < -0.3 is 14.6 Å². The number of para-hydroxylation sites is 1. The summed E-state index contributed by atoms with van der Waals surface area (Å²) in [6.07, 6.45) is 3.49. The molecule has 1 amide bonds. The number of nitriles is 1. The van der Waals surface area contributed by atoms with Gasteiger partial charge in [0.05, 0.1) is 6.61 Å². The first-order chi connectivity index (χ1) is 16.1. The number of fused-ring (bicyclic) bond motifs is 1. The lowest BCUT2D eigenvalue weighted by atomic mass is 10.1. The van der Waals surface area contributed by atoms with Crippen LogP contribution in [0.1, 0.15) is 18.1 Å². The first kappa shape index (κ1) is 21.8. The van der Waals surface area contributed by atoms with Crippen LogP contribution in [0.15, 0.2) is 84.6 Å². The number of carbonyl (C=O) groups excluding carboxylic acids is 1. The smallest absolute Gasteiger partial charge is 0.266 e. The van der Waals surface area contributed by atoms with Crippen LogP contribution in [0.4, 0.5) is 10.1 Å². The normalized spacial score (nSPS) is 11.2. The van der Waals surface area contributed by atoms with Crippen LogP contribution in [0.2, 0.25) is 0 Å². The summed E-state index contributed by atoms with van der Waals surface area (Å²) in [4.78, 5) is 12.8. The van der Waals surface area contributed by atoms with E-state index in [-0.39, 0.29) is 11.4 Å². The highest BCUT2D eigenvalue weighted by atomic mass is 19.1. The molecule has 0 fully saturated rings. The fourth-order valence-electron chi connectivity index (χ4n) is 3.64. The van der Waals surface area contributed by atoms with Crippen LogP contribution >= 0.6 is 0 Å². The van der Waals surface area contributed by atoms with Crippen molar-refractivity contribution in [1.82, 2.24) is 4.57 Å². The Morgan fingerprint density at radius 1 is 1.12 bits per heavy atom. The molecule has 3 aromatic carbocycles. The summed E-state index contributed by atoms with van der Waals surface area (Å²) in [5.41, 5.74) is 3.19. The Labute approximate surface area is 191 Å². The van der Waals surface area contributed by atoms with Gasteiger partial charge in [0.15, 0.2) is 0 Å². The van der Waals surface area contributed by atoms with E-state index in [2.05, 4.69) is 5.32 Å². The van der Waals surface area contributed by atoms with Gasteiger partial charge >= 0.3 is 0 Å². The topological polar surface area (TPSA) is 67.0 Å². The Balaban J connectivity index is 1.63. The fourth-order valence-corrected chi connectivity index (χ4v) is 3.64. The molecule has 0 spiro atoms. The van der Waals surface area contributed by atoms with Gasteiger partial charge in [-0.05, 0) is 48.9 Å². The number of halogens is 1. The molecule has 0 unspecified atom stereocenters. The Morgan fingerprint density at radius 2 is 1.91 bits per heavy atom. The Kier molecular flexibility index (Phi) is 6.51. The van der Waals surface area contributed by atoms with E-state index in [0.29, 0.717) is 24.6 Å². The van der Waals surface area contributed by atoms with Crippen LogP contribution in [0.5, 0.6) is 5.75 Å². The van der Waals surface area contributed by atoms with Crippen molar-refractivity contribution in [1.29, 1.82) is 5.26 Å². The number of aromatic nitrogens is 1. The molecular formula is C27H22FN3O2. The SMILES string of the molecule is CCOc1cccc(NC(=O)/C(C#N)=C\c2cn(Cc3ccc(F)cc3)c3ccccc23)c1. The number of anilines is 1. The van der Waals surface area contributed by atoms with Gasteiger partial charge in [-0.2, -0.15) is 5.26 Å². The van der Waals surface area contributed by atoms with Gasteiger partial charge in [-0.15, -0.1) is 0 Å². The predicted molar refractivity (Wildman–Crippen MR) is 127 cm³/mol. The largest absolute Gasteiger partial charge is 0.494 e. The van der Waals surface area contributed by atoms with E-state index in [0.717, 1.165) is 22.0 Å². The van der Waals surface area contributed by atoms with Crippen LogP contribution in [0.25, 0.3) is 17.0 Å². The summed E-state index contributed by atoms with van der Waals surface area (Å²) in [5.74, 6) is -0.139. The summed E-state index contributed by atoms with van der Waals surface area (Å²) in [5, 5.41) is 13.3. The van der Waals surface area contributed by atoms with E-state index in [1.807, 2.05) is 48.0 Å². The Hall–Kier alpha value is -4.37. The number of hydrogen-bond donors (Lipinski definition) is 1. The maximum atomic E-state index is 13.3. The van der Waals surface area contributed by atoms with Gasteiger partial charge in [-0.1, -0.05) is 36.4 Å². The molecule has 4 rings (SSSR count). The summed E-state index contributed by atoms with van der Waals surface area (Å²) in [6.45, 7) is 2.93. The number of hydrogen-bond acceptors (Lipinski definition) is 3. The van der Waals surface area contributed by atoms with Crippen LogP contribution < -0.4 is 10.1 Å². The van der Waals surface area contributed by atoms with Gasteiger partial charge in [0.1, 0.15) is 23.2 Å². The number of rotatable bonds is 7. The third kappa shape index (κ3) is 5.10. The lowest BCUT2D eigenvalue weighted by molar-refractivity contribution is -0.112. The number of benzene rings is 3. The molecule has 0 aliphatic rings. The Bertz CT molecular complexity index is 1360. The van der Waals surface area contributed by atoms with Crippen LogP contribution in [0.3, 0.4) is 0 Å². The molecule has 6 heteroatoms. The van der Waals surface area contributed by atoms with E-state index in [9.17, 15) is 14.4 Å². The molecule has 0 atom stereocenters. The average Bonchev–Trinajstić information content (AvgIpc) is 3.16. The molecule has 0 saturated carbocycles. The first-order valence-corrected chi connectivity index (χ1v) is 10.6. The molecule has 1 N–H and O–H groups in total. The van der Waals surface area contributed by atoms with Gasteiger partial charge in [0.2, 0.25) is 0 Å². The zero-order valence-electron chi connectivity index (χ0n) is 18.1. The van der Waals surface area contributed by atoms with Gasteiger partial charge in [-0.25, -0.2) is 4.39 Å². The van der Waals surface area contributed by atoms with Crippen molar-refractivity contribution in [3.05, 3.63) is 102 Å². The van der Waals surface area contributed by atoms with Gasteiger partial charge in [0, 0.05) is 41.0 Å². The maximum Gasteiger partial charge on any atom is 0.266 e. The monoisotopic (exact) mass is 439 g/mol. The lowest BCUT2D eigenvalue weighted by Crippen LogP contribution is -2.13. The van der Waals surface area contributed by atoms with E-state index in [1.165, 1.54) is 12.1 Å². The molecule has 5 nitrogen and oxygen atoms in total. The van der Waals surface area contributed by atoms with Gasteiger partial charge in [-0.3, -0.25) is 4.79 Å². The van der Waals surface area contributed by atoms with E-state index < -0.39 is 5.91 Å². The zero-order valence-corrected chi connectivity index (χ0v) is 18.1. The van der Waals surface area contributed by atoms with Crippen molar-refractivity contribution >= 4 is 28.6 Å². The third-order valence-electron chi connectivity index (χ3n) is 5.15. The lowest BCUT2D eigenvalue weighted by Gasteiger charge is -2.07. The number of ether oxygens (including phenoxy) is 1. The molecule has 4 aromatic rings.